The maximum Gasteiger partial charge on any atom is 0.251 e. The van der Waals surface area contributed by atoms with Crippen molar-refractivity contribution in [1.29, 1.82) is 0 Å². The Morgan fingerprint density at radius 3 is 2.44 bits per heavy atom. The van der Waals surface area contributed by atoms with Crippen LogP contribution in [0.4, 0.5) is 4.39 Å². The van der Waals surface area contributed by atoms with Gasteiger partial charge in [0.05, 0.1) is 25.2 Å². The number of rotatable bonds is 9. The average molecular weight is 493 g/mol. The lowest BCUT2D eigenvalue weighted by Gasteiger charge is -2.36. The SMILES string of the molecule is O=C(C[C@H]1CC[C@@H](NC(=O)c2cccc(F)c2)[C@H](CO)O1)NCc1ccc(Oc2ccccc2)cc1. The van der Waals surface area contributed by atoms with E-state index in [1.54, 1.807) is 0 Å². The van der Waals surface area contributed by atoms with Crippen molar-refractivity contribution in [2.24, 2.45) is 0 Å². The standard InChI is InChI=1S/C28H29FN2O5/c29-21-6-4-5-20(15-21)28(34)31-25-14-13-24(36-26(25)18-32)16-27(33)30-17-19-9-11-23(12-10-19)35-22-7-2-1-3-8-22/h1-12,15,24-26,32H,13-14,16-18H2,(H,30,33)(H,31,34)/t24-,25-,26+/m1/s1. The third-order valence-corrected chi connectivity index (χ3v) is 6.00. The number of hydrogen-bond donors (Lipinski definition) is 3. The molecule has 1 heterocycles. The van der Waals surface area contributed by atoms with Gasteiger partial charge in [0.1, 0.15) is 23.4 Å². The quantitative estimate of drug-likeness (QED) is 0.420. The molecule has 0 bridgehead atoms. The Morgan fingerprint density at radius 2 is 1.72 bits per heavy atom. The minimum Gasteiger partial charge on any atom is -0.457 e. The topological polar surface area (TPSA) is 96.9 Å². The number of amides is 2. The van der Waals surface area contributed by atoms with Crippen molar-refractivity contribution >= 4 is 11.8 Å². The number of hydrogen-bond acceptors (Lipinski definition) is 5. The summed E-state index contributed by atoms with van der Waals surface area (Å²) in [4.78, 5) is 24.9. The Hall–Kier alpha value is -3.75. The summed E-state index contributed by atoms with van der Waals surface area (Å²) >= 11 is 0. The molecule has 0 saturated carbocycles. The number of para-hydroxylation sites is 1. The number of aliphatic hydroxyl groups is 1. The number of benzene rings is 3. The average Bonchev–Trinajstić information content (AvgIpc) is 2.89. The smallest absolute Gasteiger partial charge is 0.251 e. The maximum atomic E-state index is 13.4. The number of ether oxygens (including phenoxy) is 2. The lowest BCUT2D eigenvalue weighted by molar-refractivity contribution is -0.131. The zero-order valence-corrected chi connectivity index (χ0v) is 19.7. The van der Waals surface area contributed by atoms with Crippen LogP contribution >= 0.6 is 0 Å². The van der Waals surface area contributed by atoms with Gasteiger partial charge < -0.3 is 25.2 Å². The fraction of sp³-hybridized carbons (Fsp3) is 0.286. The van der Waals surface area contributed by atoms with E-state index >= 15 is 0 Å². The van der Waals surface area contributed by atoms with Crippen LogP contribution in [-0.4, -0.2) is 41.8 Å². The largest absolute Gasteiger partial charge is 0.457 e. The highest BCUT2D eigenvalue weighted by atomic mass is 19.1. The van der Waals surface area contributed by atoms with Crippen LogP contribution in [0.5, 0.6) is 11.5 Å². The summed E-state index contributed by atoms with van der Waals surface area (Å²) in [7, 11) is 0. The summed E-state index contributed by atoms with van der Waals surface area (Å²) in [5.74, 6) is 0.370. The second-order valence-electron chi connectivity index (χ2n) is 8.69. The Bertz CT molecular complexity index is 1160. The van der Waals surface area contributed by atoms with Crippen LogP contribution in [0.15, 0.2) is 78.9 Å². The monoisotopic (exact) mass is 492 g/mol. The second kappa shape index (κ2) is 12.3. The summed E-state index contributed by atoms with van der Waals surface area (Å²) in [6.45, 7) is 0.0660. The lowest BCUT2D eigenvalue weighted by atomic mass is 9.96. The van der Waals surface area contributed by atoms with Crippen molar-refractivity contribution in [2.75, 3.05) is 6.61 Å². The van der Waals surface area contributed by atoms with Crippen molar-refractivity contribution < 1.29 is 28.6 Å². The summed E-state index contributed by atoms with van der Waals surface area (Å²) in [6, 6.07) is 22.0. The van der Waals surface area contributed by atoms with Gasteiger partial charge in [0.2, 0.25) is 5.91 Å². The maximum absolute atomic E-state index is 13.4. The van der Waals surface area contributed by atoms with E-state index in [4.69, 9.17) is 9.47 Å². The molecule has 0 unspecified atom stereocenters. The number of nitrogens with one attached hydrogen (secondary N) is 2. The minimum atomic E-state index is -0.647. The number of halogens is 1. The van der Waals surface area contributed by atoms with E-state index in [0.29, 0.717) is 25.1 Å². The molecule has 3 aromatic carbocycles. The van der Waals surface area contributed by atoms with Gasteiger partial charge in [-0.1, -0.05) is 36.4 Å². The molecule has 1 fully saturated rings. The third-order valence-electron chi connectivity index (χ3n) is 6.00. The molecule has 0 aromatic heterocycles. The molecule has 0 aliphatic carbocycles. The van der Waals surface area contributed by atoms with Crippen LogP contribution in [0, 0.1) is 5.82 Å². The Labute approximate surface area is 209 Å². The molecule has 2 amide bonds. The molecule has 4 rings (SSSR count). The van der Waals surface area contributed by atoms with Crippen molar-refractivity contribution in [2.45, 2.75) is 44.1 Å². The molecule has 1 aliphatic rings. The van der Waals surface area contributed by atoms with Gasteiger partial charge in [-0.05, 0) is 60.9 Å². The molecule has 3 atom stereocenters. The highest BCUT2D eigenvalue weighted by molar-refractivity contribution is 5.94. The molecule has 7 nitrogen and oxygen atoms in total. The van der Waals surface area contributed by atoms with Gasteiger partial charge in [0.15, 0.2) is 0 Å². The zero-order valence-electron chi connectivity index (χ0n) is 19.7. The molecule has 1 aliphatic heterocycles. The van der Waals surface area contributed by atoms with Crippen LogP contribution in [0.1, 0.15) is 35.2 Å². The summed E-state index contributed by atoms with van der Waals surface area (Å²) < 4.78 is 25.1. The molecular weight excluding hydrogens is 463 g/mol. The Kier molecular flexibility index (Phi) is 8.65. The number of carbonyl (C=O) groups is 2. The van der Waals surface area contributed by atoms with Crippen molar-refractivity contribution in [3.8, 4) is 11.5 Å². The summed E-state index contributed by atoms with van der Waals surface area (Å²) in [6.07, 6.45) is 0.213. The molecule has 3 aromatic rings. The van der Waals surface area contributed by atoms with Gasteiger partial charge in [-0.3, -0.25) is 9.59 Å². The van der Waals surface area contributed by atoms with Crippen LogP contribution in [-0.2, 0) is 16.1 Å². The van der Waals surface area contributed by atoms with E-state index < -0.39 is 23.9 Å². The predicted molar refractivity (Wildman–Crippen MR) is 132 cm³/mol. The van der Waals surface area contributed by atoms with E-state index in [-0.39, 0.29) is 30.6 Å². The predicted octanol–water partition coefficient (Wildman–Crippen LogP) is 3.96. The molecule has 0 spiro atoms. The van der Waals surface area contributed by atoms with E-state index in [1.807, 2.05) is 54.6 Å². The van der Waals surface area contributed by atoms with Crippen LogP contribution in [0.25, 0.3) is 0 Å². The molecule has 8 heteroatoms. The first-order chi connectivity index (χ1) is 17.5. The molecule has 36 heavy (non-hydrogen) atoms. The van der Waals surface area contributed by atoms with Crippen molar-refractivity contribution in [3.63, 3.8) is 0 Å². The van der Waals surface area contributed by atoms with Crippen LogP contribution in [0.2, 0.25) is 0 Å². The summed E-state index contributed by atoms with van der Waals surface area (Å²) in [5, 5.41) is 15.5. The van der Waals surface area contributed by atoms with E-state index in [2.05, 4.69) is 10.6 Å². The van der Waals surface area contributed by atoms with Crippen LogP contribution in [0.3, 0.4) is 0 Å². The number of carbonyl (C=O) groups excluding carboxylic acids is 2. The molecule has 3 N–H and O–H groups in total. The normalized spacial score (nSPS) is 19.3. The van der Waals surface area contributed by atoms with Gasteiger partial charge in [-0.15, -0.1) is 0 Å². The van der Waals surface area contributed by atoms with Gasteiger partial charge in [-0.2, -0.15) is 0 Å². The zero-order chi connectivity index (χ0) is 25.3. The fourth-order valence-corrected chi connectivity index (χ4v) is 4.11. The first kappa shape index (κ1) is 25.3. The third kappa shape index (κ3) is 7.13. The van der Waals surface area contributed by atoms with Gasteiger partial charge in [-0.25, -0.2) is 4.39 Å². The van der Waals surface area contributed by atoms with Crippen LogP contribution < -0.4 is 15.4 Å². The Balaban J connectivity index is 1.22. The van der Waals surface area contributed by atoms with Gasteiger partial charge in [0, 0.05) is 12.1 Å². The van der Waals surface area contributed by atoms with Crippen molar-refractivity contribution in [1.82, 2.24) is 10.6 Å². The van der Waals surface area contributed by atoms with E-state index in [9.17, 15) is 19.1 Å². The molecule has 188 valence electrons. The molecule has 0 radical (unpaired) electrons. The van der Waals surface area contributed by atoms with Gasteiger partial charge >= 0.3 is 0 Å². The summed E-state index contributed by atoms with van der Waals surface area (Å²) in [5.41, 5.74) is 1.13. The highest BCUT2D eigenvalue weighted by Gasteiger charge is 2.33. The first-order valence-electron chi connectivity index (χ1n) is 11.9. The Morgan fingerprint density at radius 1 is 0.972 bits per heavy atom. The molecule has 1 saturated heterocycles. The lowest BCUT2D eigenvalue weighted by Crippen LogP contribution is -2.51. The van der Waals surface area contributed by atoms with Gasteiger partial charge in [0.25, 0.3) is 5.91 Å². The second-order valence-corrected chi connectivity index (χ2v) is 8.69. The van der Waals surface area contributed by atoms with Crippen molar-refractivity contribution in [3.05, 3.63) is 95.8 Å². The van der Waals surface area contributed by atoms with E-state index in [1.165, 1.54) is 18.2 Å². The number of aliphatic hydroxyl groups excluding tert-OH is 1. The molecular formula is C28H29FN2O5. The van der Waals surface area contributed by atoms with E-state index in [0.717, 1.165) is 17.4 Å². The fourth-order valence-electron chi connectivity index (χ4n) is 4.11. The first-order valence-corrected chi connectivity index (χ1v) is 11.9. The minimum absolute atomic E-state index is 0.149. The highest BCUT2D eigenvalue weighted by Crippen LogP contribution is 2.23.